The first-order valence-corrected chi connectivity index (χ1v) is 8.86. The molecule has 0 bridgehead atoms. The van der Waals surface area contributed by atoms with E-state index in [2.05, 4.69) is 20.8 Å². The van der Waals surface area contributed by atoms with E-state index in [1.807, 2.05) is 12.1 Å². The van der Waals surface area contributed by atoms with E-state index in [9.17, 15) is 8.42 Å². The quantitative estimate of drug-likeness (QED) is 0.836. The lowest BCUT2D eigenvalue weighted by Crippen LogP contribution is -2.32. The molecule has 0 spiro atoms. The first kappa shape index (κ1) is 15.5. The monoisotopic (exact) mass is 295 g/mol. The van der Waals surface area contributed by atoms with Gasteiger partial charge in [-0.1, -0.05) is 45.7 Å². The predicted molar refractivity (Wildman–Crippen MR) is 82.4 cm³/mol. The van der Waals surface area contributed by atoms with Crippen molar-refractivity contribution in [3.8, 4) is 0 Å². The maximum atomic E-state index is 12.6. The highest BCUT2D eigenvalue weighted by Crippen LogP contribution is 2.25. The Morgan fingerprint density at radius 2 is 1.40 bits per heavy atom. The smallest absolute Gasteiger partial charge is 0.207 e. The molecule has 1 aliphatic heterocycles. The number of benzene rings is 1. The van der Waals surface area contributed by atoms with E-state index in [-0.39, 0.29) is 5.41 Å². The van der Waals surface area contributed by atoms with E-state index in [0.29, 0.717) is 18.0 Å². The van der Waals surface area contributed by atoms with Crippen molar-refractivity contribution in [3.63, 3.8) is 0 Å². The topological polar surface area (TPSA) is 37.4 Å². The molecule has 0 atom stereocenters. The van der Waals surface area contributed by atoms with E-state index in [1.165, 1.54) is 0 Å². The van der Waals surface area contributed by atoms with Gasteiger partial charge in [0.25, 0.3) is 0 Å². The van der Waals surface area contributed by atoms with Gasteiger partial charge in [0.05, 0.1) is 4.90 Å². The summed E-state index contributed by atoms with van der Waals surface area (Å²) in [6, 6.07) is 7.37. The van der Waals surface area contributed by atoms with Crippen LogP contribution in [0.3, 0.4) is 0 Å². The van der Waals surface area contributed by atoms with Crippen molar-refractivity contribution < 1.29 is 8.42 Å². The summed E-state index contributed by atoms with van der Waals surface area (Å²) in [5.74, 6) is 0. The van der Waals surface area contributed by atoms with Crippen LogP contribution in [-0.4, -0.2) is 25.8 Å². The molecule has 1 aromatic rings. The zero-order chi connectivity index (χ0) is 14.8. The molecule has 2 rings (SSSR count). The van der Waals surface area contributed by atoms with Crippen molar-refractivity contribution in [2.24, 2.45) is 0 Å². The molecular weight excluding hydrogens is 270 g/mol. The second-order valence-electron chi connectivity index (χ2n) is 6.59. The largest absolute Gasteiger partial charge is 0.243 e. The number of hydrogen-bond acceptors (Lipinski definition) is 2. The van der Waals surface area contributed by atoms with Crippen molar-refractivity contribution in [1.29, 1.82) is 0 Å². The summed E-state index contributed by atoms with van der Waals surface area (Å²) >= 11 is 0. The second-order valence-corrected chi connectivity index (χ2v) is 8.53. The molecule has 0 N–H and O–H groups in total. The molecule has 1 aliphatic rings. The fourth-order valence-electron chi connectivity index (χ4n) is 2.56. The van der Waals surface area contributed by atoms with E-state index in [1.54, 1.807) is 16.4 Å². The molecule has 4 heteroatoms. The zero-order valence-electron chi connectivity index (χ0n) is 12.7. The summed E-state index contributed by atoms with van der Waals surface area (Å²) in [5.41, 5.74) is 1.21. The fraction of sp³-hybridized carbons (Fsp3) is 0.625. The summed E-state index contributed by atoms with van der Waals surface area (Å²) < 4.78 is 26.9. The van der Waals surface area contributed by atoms with Gasteiger partial charge in [0.15, 0.2) is 0 Å². The van der Waals surface area contributed by atoms with Crippen molar-refractivity contribution in [3.05, 3.63) is 29.8 Å². The lowest BCUT2D eigenvalue weighted by Gasteiger charge is -2.22. The molecule has 3 nitrogen and oxygen atoms in total. The molecule has 1 aromatic carbocycles. The van der Waals surface area contributed by atoms with Gasteiger partial charge < -0.3 is 0 Å². The van der Waals surface area contributed by atoms with Gasteiger partial charge in [-0.3, -0.25) is 0 Å². The Bertz CT molecular complexity index is 533. The lowest BCUT2D eigenvalue weighted by atomic mass is 9.87. The van der Waals surface area contributed by atoms with E-state index in [0.717, 1.165) is 31.2 Å². The van der Waals surface area contributed by atoms with Crippen LogP contribution in [0.4, 0.5) is 0 Å². The Kier molecular flexibility index (Phi) is 4.55. The van der Waals surface area contributed by atoms with Gasteiger partial charge in [0.1, 0.15) is 0 Å². The molecule has 1 fully saturated rings. The summed E-state index contributed by atoms with van der Waals surface area (Å²) in [5, 5.41) is 0. The van der Waals surface area contributed by atoms with Gasteiger partial charge >= 0.3 is 0 Å². The molecule has 0 amide bonds. The highest BCUT2D eigenvalue weighted by molar-refractivity contribution is 7.89. The number of hydrogen-bond donors (Lipinski definition) is 0. The van der Waals surface area contributed by atoms with E-state index in [4.69, 9.17) is 0 Å². The number of rotatable bonds is 2. The first-order chi connectivity index (χ1) is 9.32. The number of nitrogens with zero attached hydrogens (tertiary/aromatic N) is 1. The van der Waals surface area contributed by atoms with Gasteiger partial charge in [-0.25, -0.2) is 8.42 Å². The third kappa shape index (κ3) is 3.41. The molecule has 0 unspecified atom stereocenters. The van der Waals surface area contributed by atoms with E-state index >= 15 is 0 Å². The maximum absolute atomic E-state index is 12.6. The predicted octanol–water partition coefficient (Wildman–Crippen LogP) is 3.55. The molecule has 0 aromatic heterocycles. The summed E-state index contributed by atoms with van der Waals surface area (Å²) in [7, 11) is -3.31. The Hall–Kier alpha value is -0.870. The highest BCUT2D eigenvalue weighted by atomic mass is 32.2. The normalized spacial score (nSPS) is 18.8. The Labute approximate surface area is 123 Å². The van der Waals surface area contributed by atoms with Crippen LogP contribution >= 0.6 is 0 Å². The highest BCUT2D eigenvalue weighted by Gasteiger charge is 2.25. The minimum absolute atomic E-state index is 0.0465. The van der Waals surface area contributed by atoms with Crippen LogP contribution in [0.15, 0.2) is 29.2 Å². The van der Waals surface area contributed by atoms with Crippen LogP contribution in [0.1, 0.15) is 52.0 Å². The Morgan fingerprint density at radius 3 is 1.85 bits per heavy atom. The molecule has 1 heterocycles. The van der Waals surface area contributed by atoms with Crippen LogP contribution < -0.4 is 0 Å². The van der Waals surface area contributed by atoms with Gasteiger partial charge in [-0.05, 0) is 36.0 Å². The van der Waals surface area contributed by atoms with E-state index < -0.39 is 10.0 Å². The fourth-order valence-corrected chi connectivity index (χ4v) is 4.08. The first-order valence-electron chi connectivity index (χ1n) is 7.42. The molecule has 0 saturated carbocycles. The molecule has 1 saturated heterocycles. The molecule has 0 aliphatic carbocycles. The Balaban J connectivity index is 2.25. The third-order valence-electron chi connectivity index (χ3n) is 3.92. The molecular formula is C16H25NO2S. The third-order valence-corrected chi connectivity index (χ3v) is 5.84. The van der Waals surface area contributed by atoms with Crippen LogP contribution in [0.2, 0.25) is 0 Å². The van der Waals surface area contributed by atoms with Gasteiger partial charge in [0, 0.05) is 13.1 Å². The standard InChI is InChI=1S/C16H25NO2S/c1-16(2,3)14-8-10-15(11-9-14)20(18,19)17-12-6-4-5-7-13-17/h8-11H,4-7,12-13H2,1-3H3. The van der Waals surface area contributed by atoms with Crippen LogP contribution in [0.25, 0.3) is 0 Å². The Morgan fingerprint density at radius 1 is 0.900 bits per heavy atom. The number of sulfonamides is 1. The average molecular weight is 295 g/mol. The summed E-state index contributed by atoms with van der Waals surface area (Å²) in [6.07, 6.45) is 4.21. The van der Waals surface area contributed by atoms with Crippen LogP contribution in [0.5, 0.6) is 0 Å². The van der Waals surface area contributed by atoms with Crippen molar-refractivity contribution in [2.75, 3.05) is 13.1 Å². The average Bonchev–Trinajstić information content (AvgIpc) is 2.67. The van der Waals surface area contributed by atoms with Gasteiger partial charge in [-0.15, -0.1) is 0 Å². The summed E-state index contributed by atoms with van der Waals surface area (Å²) in [6.45, 7) is 7.70. The van der Waals surface area contributed by atoms with Crippen molar-refractivity contribution in [2.45, 2.75) is 56.8 Å². The zero-order valence-corrected chi connectivity index (χ0v) is 13.5. The lowest BCUT2D eigenvalue weighted by molar-refractivity contribution is 0.423. The van der Waals surface area contributed by atoms with Crippen LogP contribution in [0, 0.1) is 0 Å². The SMILES string of the molecule is CC(C)(C)c1ccc(S(=O)(=O)N2CCCCCC2)cc1. The van der Waals surface area contributed by atoms with Crippen molar-refractivity contribution >= 4 is 10.0 Å². The van der Waals surface area contributed by atoms with Gasteiger partial charge in [-0.2, -0.15) is 4.31 Å². The van der Waals surface area contributed by atoms with Crippen LogP contribution in [-0.2, 0) is 15.4 Å². The van der Waals surface area contributed by atoms with Crippen molar-refractivity contribution in [1.82, 2.24) is 4.31 Å². The molecule has 20 heavy (non-hydrogen) atoms. The minimum atomic E-state index is -3.31. The molecule has 112 valence electrons. The maximum Gasteiger partial charge on any atom is 0.243 e. The van der Waals surface area contributed by atoms with Gasteiger partial charge in [0.2, 0.25) is 10.0 Å². The molecule has 0 radical (unpaired) electrons. The minimum Gasteiger partial charge on any atom is -0.207 e. The summed E-state index contributed by atoms with van der Waals surface area (Å²) in [4.78, 5) is 0.424. The second kappa shape index (κ2) is 5.86.